The number of rotatable bonds is 8. The molecule has 2 N–H and O–H groups in total. The normalized spacial score (nSPS) is 11.0. The molecule has 0 aliphatic heterocycles. The topological polar surface area (TPSA) is 63.5 Å². The number of aromatic nitrogens is 2. The minimum Gasteiger partial charge on any atom is -0.496 e. The van der Waals surface area contributed by atoms with E-state index in [2.05, 4.69) is 67.6 Å². The van der Waals surface area contributed by atoms with Crippen molar-refractivity contribution in [3.8, 4) is 5.75 Å². The minimum absolute atomic E-state index is 0. The largest absolute Gasteiger partial charge is 0.496 e. The lowest BCUT2D eigenvalue weighted by atomic mass is 10.1. The van der Waals surface area contributed by atoms with Gasteiger partial charge < -0.3 is 19.9 Å². The number of hydrogen-bond donors (Lipinski definition) is 2. The highest BCUT2D eigenvalue weighted by Gasteiger charge is 2.06. The molecule has 7 heteroatoms. The van der Waals surface area contributed by atoms with Gasteiger partial charge in [-0.3, -0.25) is 4.99 Å². The standard InChI is InChI=1S/C23H29N5O.HI/c1-18-9-10-19(15-21(18)29-3)11-12-26-23(24-2)27-16-22-25-13-14-28(22)17-20-7-5-4-6-8-20;/h4-10,13-15H,11-12,16-17H2,1-3H3,(H2,24,26,27);1H. The Morgan fingerprint density at radius 2 is 1.90 bits per heavy atom. The van der Waals surface area contributed by atoms with E-state index in [1.54, 1.807) is 14.2 Å². The maximum Gasteiger partial charge on any atom is 0.191 e. The van der Waals surface area contributed by atoms with Gasteiger partial charge in [0.05, 0.1) is 13.7 Å². The lowest BCUT2D eigenvalue weighted by molar-refractivity contribution is 0.411. The van der Waals surface area contributed by atoms with Crippen molar-refractivity contribution in [3.05, 3.63) is 83.4 Å². The van der Waals surface area contributed by atoms with E-state index in [9.17, 15) is 0 Å². The Bertz CT molecular complexity index is 940. The monoisotopic (exact) mass is 519 g/mol. The molecule has 0 unspecified atom stereocenters. The number of hydrogen-bond acceptors (Lipinski definition) is 3. The summed E-state index contributed by atoms with van der Waals surface area (Å²) in [6, 6.07) is 16.7. The first-order valence-corrected chi connectivity index (χ1v) is 9.81. The fourth-order valence-corrected chi connectivity index (χ4v) is 3.16. The summed E-state index contributed by atoms with van der Waals surface area (Å²) in [5.74, 6) is 2.66. The summed E-state index contributed by atoms with van der Waals surface area (Å²) in [6.07, 6.45) is 4.73. The SMILES string of the molecule is CN=C(NCCc1ccc(C)c(OC)c1)NCc1nccn1Cc1ccccc1.I. The second-order valence-electron chi connectivity index (χ2n) is 6.86. The highest BCUT2D eigenvalue weighted by molar-refractivity contribution is 14.0. The number of nitrogens with one attached hydrogen (secondary N) is 2. The Morgan fingerprint density at radius 1 is 1.10 bits per heavy atom. The molecule has 0 atom stereocenters. The van der Waals surface area contributed by atoms with Crippen LogP contribution >= 0.6 is 24.0 Å². The van der Waals surface area contributed by atoms with Crippen molar-refractivity contribution >= 4 is 29.9 Å². The minimum atomic E-state index is 0. The molecule has 3 aromatic rings. The quantitative estimate of drug-likeness (QED) is 0.270. The molecule has 0 radical (unpaired) electrons. The number of ether oxygens (including phenoxy) is 1. The van der Waals surface area contributed by atoms with Gasteiger partial charge in [0.1, 0.15) is 11.6 Å². The van der Waals surface area contributed by atoms with E-state index in [-0.39, 0.29) is 24.0 Å². The lowest BCUT2D eigenvalue weighted by Crippen LogP contribution is -2.38. The van der Waals surface area contributed by atoms with Crippen LogP contribution in [0.5, 0.6) is 5.75 Å². The van der Waals surface area contributed by atoms with Crippen molar-refractivity contribution in [2.24, 2.45) is 4.99 Å². The van der Waals surface area contributed by atoms with E-state index in [0.717, 1.165) is 42.6 Å². The van der Waals surface area contributed by atoms with Crippen LogP contribution in [0.3, 0.4) is 0 Å². The average molecular weight is 519 g/mol. The number of imidazole rings is 1. The summed E-state index contributed by atoms with van der Waals surface area (Å²) in [6.45, 7) is 4.25. The van der Waals surface area contributed by atoms with Crippen molar-refractivity contribution in [2.45, 2.75) is 26.4 Å². The maximum atomic E-state index is 5.40. The van der Waals surface area contributed by atoms with Crippen LogP contribution in [0.25, 0.3) is 0 Å². The van der Waals surface area contributed by atoms with Crippen LogP contribution in [0.4, 0.5) is 0 Å². The van der Waals surface area contributed by atoms with Crippen LogP contribution in [0.1, 0.15) is 22.5 Å². The summed E-state index contributed by atoms with van der Waals surface area (Å²) < 4.78 is 7.55. The zero-order valence-corrected chi connectivity index (χ0v) is 20.1. The zero-order valence-electron chi connectivity index (χ0n) is 17.8. The van der Waals surface area contributed by atoms with Gasteiger partial charge in [-0.25, -0.2) is 4.98 Å². The summed E-state index contributed by atoms with van der Waals surface area (Å²) in [7, 11) is 3.48. The van der Waals surface area contributed by atoms with Crippen molar-refractivity contribution in [1.29, 1.82) is 0 Å². The molecule has 2 aromatic carbocycles. The van der Waals surface area contributed by atoms with Gasteiger partial charge in [0.25, 0.3) is 0 Å². The first-order valence-electron chi connectivity index (χ1n) is 9.81. The summed E-state index contributed by atoms with van der Waals surface area (Å²) in [5, 5.41) is 6.71. The van der Waals surface area contributed by atoms with Gasteiger partial charge in [-0.1, -0.05) is 42.5 Å². The van der Waals surface area contributed by atoms with Gasteiger partial charge in [-0.05, 0) is 36.1 Å². The zero-order chi connectivity index (χ0) is 20.5. The Labute approximate surface area is 195 Å². The molecular weight excluding hydrogens is 489 g/mol. The fourth-order valence-electron chi connectivity index (χ4n) is 3.16. The molecule has 0 spiro atoms. The molecule has 1 aromatic heterocycles. The Hall–Kier alpha value is -2.55. The third-order valence-corrected chi connectivity index (χ3v) is 4.81. The van der Waals surface area contributed by atoms with Crippen LogP contribution in [0.15, 0.2) is 65.9 Å². The summed E-state index contributed by atoms with van der Waals surface area (Å²) in [4.78, 5) is 8.79. The molecule has 0 fully saturated rings. The first kappa shape index (κ1) is 23.7. The lowest BCUT2D eigenvalue weighted by Gasteiger charge is -2.13. The van der Waals surface area contributed by atoms with Crippen molar-refractivity contribution in [2.75, 3.05) is 20.7 Å². The van der Waals surface area contributed by atoms with Gasteiger partial charge in [0.15, 0.2) is 5.96 Å². The molecule has 0 amide bonds. The van der Waals surface area contributed by atoms with Gasteiger partial charge in [0.2, 0.25) is 0 Å². The number of halogens is 1. The molecule has 0 bridgehead atoms. The van der Waals surface area contributed by atoms with Gasteiger partial charge in [-0.2, -0.15) is 0 Å². The van der Waals surface area contributed by atoms with Crippen LogP contribution in [-0.4, -0.2) is 36.2 Å². The number of aryl methyl sites for hydroxylation is 1. The molecule has 0 saturated carbocycles. The molecule has 0 saturated heterocycles. The molecular formula is C23H30IN5O. The number of methoxy groups -OCH3 is 1. The van der Waals surface area contributed by atoms with E-state index < -0.39 is 0 Å². The Morgan fingerprint density at radius 3 is 2.63 bits per heavy atom. The van der Waals surface area contributed by atoms with E-state index in [0.29, 0.717) is 6.54 Å². The van der Waals surface area contributed by atoms with Gasteiger partial charge in [-0.15, -0.1) is 24.0 Å². The Balaban J connectivity index is 0.00000320. The van der Waals surface area contributed by atoms with E-state index in [1.165, 1.54) is 11.1 Å². The number of nitrogens with zero attached hydrogens (tertiary/aromatic N) is 3. The molecule has 30 heavy (non-hydrogen) atoms. The molecule has 1 heterocycles. The average Bonchev–Trinajstić information content (AvgIpc) is 3.19. The van der Waals surface area contributed by atoms with Crippen LogP contribution in [0, 0.1) is 6.92 Å². The fraction of sp³-hybridized carbons (Fsp3) is 0.304. The highest BCUT2D eigenvalue weighted by Crippen LogP contribution is 2.19. The third kappa shape index (κ3) is 6.76. The van der Waals surface area contributed by atoms with Gasteiger partial charge in [0, 0.05) is 32.5 Å². The predicted octanol–water partition coefficient (Wildman–Crippen LogP) is 3.77. The van der Waals surface area contributed by atoms with Crippen LogP contribution in [0.2, 0.25) is 0 Å². The van der Waals surface area contributed by atoms with Crippen molar-refractivity contribution in [3.63, 3.8) is 0 Å². The first-order chi connectivity index (χ1) is 14.2. The summed E-state index contributed by atoms with van der Waals surface area (Å²) >= 11 is 0. The van der Waals surface area contributed by atoms with Crippen molar-refractivity contribution < 1.29 is 4.74 Å². The van der Waals surface area contributed by atoms with Crippen LogP contribution in [-0.2, 0) is 19.5 Å². The van der Waals surface area contributed by atoms with E-state index in [4.69, 9.17) is 4.74 Å². The number of benzene rings is 2. The molecule has 0 aliphatic rings. The van der Waals surface area contributed by atoms with E-state index in [1.807, 2.05) is 25.4 Å². The number of guanidine groups is 1. The molecule has 160 valence electrons. The highest BCUT2D eigenvalue weighted by atomic mass is 127. The van der Waals surface area contributed by atoms with Crippen LogP contribution < -0.4 is 15.4 Å². The molecule has 0 aliphatic carbocycles. The predicted molar refractivity (Wildman–Crippen MR) is 133 cm³/mol. The molecule has 6 nitrogen and oxygen atoms in total. The number of aliphatic imine (C=N–C) groups is 1. The second-order valence-corrected chi connectivity index (χ2v) is 6.86. The smallest absolute Gasteiger partial charge is 0.191 e. The van der Waals surface area contributed by atoms with E-state index >= 15 is 0 Å². The molecule has 3 rings (SSSR count). The third-order valence-electron chi connectivity index (χ3n) is 4.81. The maximum absolute atomic E-state index is 5.40. The van der Waals surface area contributed by atoms with Crippen molar-refractivity contribution in [1.82, 2.24) is 20.2 Å². The Kier molecular flexibility index (Phi) is 9.66. The second kappa shape index (κ2) is 12.2. The summed E-state index contributed by atoms with van der Waals surface area (Å²) in [5.41, 5.74) is 3.63. The van der Waals surface area contributed by atoms with Gasteiger partial charge >= 0.3 is 0 Å².